The summed E-state index contributed by atoms with van der Waals surface area (Å²) in [5.74, 6) is 0.931. The van der Waals surface area contributed by atoms with E-state index in [1.807, 2.05) is 6.07 Å². The topological polar surface area (TPSA) is 83.6 Å². The van der Waals surface area contributed by atoms with Crippen LogP contribution in [0.4, 0.5) is 0 Å². The fraction of sp³-hybridized carbons (Fsp3) is 0.381. The first kappa shape index (κ1) is 19.7. The molecule has 152 valence electrons. The predicted octanol–water partition coefficient (Wildman–Crippen LogP) is 3.49. The molecule has 3 heterocycles. The summed E-state index contributed by atoms with van der Waals surface area (Å²) in [6.45, 7) is 1.07. The van der Waals surface area contributed by atoms with Gasteiger partial charge in [0.25, 0.3) is 5.56 Å². The third-order valence-electron chi connectivity index (χ3n) is 4.91. The van der Waals surface area contributed by atoms with Crippen LogP contribution in [0, 0.1) is 0 Å². The highest BCUT2D eigenvalue weighted by Crippen LogP contribution is 2.24. The van der Waals surface area contributed by atoms with Gasteiger partial charge in [-0.15, -0.1) is 0 Å². The average molecular weight is 414 g/mol. The Kier molecular flexibility index (Phi) is 6.01. The number of benzene rings is 1. The number of carbonyl (C=O) groups excluding carboxylic acids is 1. The van der Waals surface area contributed by atoms with Gasteiger partial charge in [-0.2, -0.15) is 0 Å². The van der Waals surface area contributed by atoms with Crippen molar-refractivity contribution >= 4 is 28.6 Å². The molecule has 0 unspecified atom stereocenters. The third kappa shape index (κ3) is 4.38. The van der Waals surface area contributed by atoms with Gasteiger partial charge in [0.1, 0.15) is 5.76 Å². The van der Waals surface area contributed by atoms with Crippen molar-refractivity contribution in [2.24, 2.45) is 0 Å². The standard InChI is InChI=1S/C21H22N2O5S/c1-26-20(25)14-7-8-17-18(11-14)22-21(29-13-16-5-2-3-9-28-16)23(19(17)24)12-15-6-4-10-27-15/h4,6-8,10-11,16H,2-3,5,9,12-13H2,1H3/t16-/m0/s1. The van der Waals surface area contributed by atoms with Gasteiger partial charge < -0.3 is 13.9 Å². The molecular weight excluding hydrogens is 392 g/mol. The van der Waals surface area contributed by atoms with Gasteiger partial charge in [0, 0.05) is 12.4 Å². The Morgan fingerprint density at radius 1 is 1.34 bits per heavy atom. The van der Waals surface area contributed by atoms with Crippen LogP contribution >= 0.6 is 11.8 Å². The van der Waals surface area contributed by atoms with Gasteiger partial charge in [0.05, 0.1) is 42.5 Å². The molecular formula is C21H22N2O5S. The van der Waals surface area contributed by atoms with E-state index in [-0.39, 0.29) is 11.7 Å². The van der Waals surface area contributed by atoms with Gasteiger partial charge in [0.15, 0.2) is 5.16 Å². The average Bonchev–Trinajstić information content (AvgIpc) is 3.27. The quantitative estimate of drug-likeness (QED) is 0.347. The number of rotatable bonds is 6. The van der Waals surface area contributed by atoms with Gasteiger partial charge >= 0.3 is 5.97 Å². The SMILES string of the molecule is COC(=O)c1ccc2c(=O)n(Cc3ccco3)c(SC[C@@H]3CCCCO3)nc2c1. The fourth-order valence-corrected chi connectivity index (χ4v) is 4.42. The van der Waals surface area contributed by atoms with Crippen molar-refractivity contribution in [1.29, 1.82) is 0 Å². The molecule has 0 radical (unpaired) electrons. The van der Waals surface area contributed by atoms with Crippen LogP contribution in [0.3, 0.4) is 0 Å². The molecule has 8 heteroatoms. The Morgan fingerprint density at radius 2 is 2.24 bits per heavy atom. The van der Waals surface area contributed by atoms with E-state index in [2.05, 4.69) is 0 Å². The minimum absolute atomic E-state index is 0.153. The summed E-state index contributed by atoms with van der Waals surface area (Å²) < 4.78 is 17.6. The van der Waals surface area contributed by atoms with Crippen molar-refractivity contribution in [3.8, 4) is 0 Å². The van der Waals surface area contributed by atoms with Crippen LogP contribution in [-0.4, -0.2) is 41.1 Å². The van der Waals surface area contributed by atoms with Gasteiger partial charge in [-0.25, -0.2) is 9.78 Å². The molecule has 1 aliphatic heterocycles. The molecule has 1 fully saturated rings. The first-order valence-electron chi connectivity index (χ1n) is 9.55. The van der Waals surface area contributed by atoms with E-state index in [4.69, 9.17) is 18.9 Å². The fourth-order valence-electron chi connectivity index (χ4n) is 3.36. The molecule has 0 aliphatic carbocycles. The van der Waals surface area contributed by atoms with E-state index in [9.17, 15) is 9.59 Å². The molecule has 0 N–H and O–H groups in total. The van der Waals surface area contributed by atoms with Crippen molar-refractivity contribution in [3.05, 3.63) is 58.3 Å². The minimum Gasteiger partial charge on any atom is -0.467 e. The highest BCUT2D eigenvalue weighted by Gasteiger charge is 2.19. The van der Waals surface area contributed by atoms with Crippen LogP contribution in [0.25, 0.3) is 10.9 Å². The van der Waals surface area contributed by atoms with Crippen molar-refractivity contribution in [2.45, 2.75) is 37.1 Å². The molecule has 1 aliphatic rings. The first-order chi connectivity index (χ1) is 14.2. The molecule has 0 amide bonds. The molecule has 7 nitrogen and oxygen atoms in total. The van der Waals surface area contributed by atoms with E-state index in [1.54, 1.807) is 35.1 Å². The maximum Gasteiger partial charge on any atom is 0.337 e. The predicted molar refractivity (Wildman–Crippen MR) is 109 cm³/mol. The summed E-state index contributed by atoms with van der Waals surface area (Å²) in [4.78, 5) is 29.8. The van der Waals surface area contributed by atoms with Crippen molar-refractivity contribution < 1.29 is 18.7 Å². The number of ether oxygens (including phenoxy) is 2. The Hall–Kier alpha value is -2.58. The van der Waals surface area contributed by atoms with Crippen LogP contribution in [-0.2, 0) is 16.0 Å². The van der Waals surface area contributed by atoms with Crippen LogP contribution in [0.5, 0.6) is 0 Å². The zero-order chi connectivity index (χ0) is 20.2. The summed E-state index contributed by atoms with van der Waals surface area (Å²) in [5, 5.41) is 1.03. The number of fused-ring (bicyclic) bond motifs is 1. The van der Waals surface area contributed by atoms with Gasteiger partial charge in [-0.05, 0) is 49.6 Å². The number of methoxy groups -OCH3 is 1. The van der Waals surface area contributed by atoms with E-state index in [0.717, 1.165) is 25.9 Å². The number of hydrogen-bond acceptors (Lipinski definition) is 7. The minimum atomic E-state index is -0.460. The molecule has 0 spiro atoms. The van der Waals surface area contributed by atoms with Crippen LogP contribution < -0.4 is 5.56 Å². The lowest BCUT2D eigenvalue weighted by Crippen LogP contribution is -2.26. The summed E-state index contributed by atoms with van der Waals surface area (Å²) in [7, 11) is 1.33. The molecule has 1 saturated heterocycles. The van der Waals surface area contributed by atoms with Crippen molar-refractivity contribution in [2.75, 3.05) is 19.5 Å². The Labute approximate surface area is 172 Å². The zero-order valence-electron chi connectivity index (χ0n) is 16.1. The summed E-state index contributed by atoms with van der Waals surface area (Å²) >= 11 is 1.49. The number of hydrogen-bond donors (Lipinski definition) is 0. The van der Waals surface area contributed by atoms with E-state index >= 15 is 0 Å². The van der Waals surface area contributed by atoms with Crippen LogP contribution in [0.1, 0.15) is 35.4 Å². The lowest BCUT2D eigenvalue weighted by atomic mass is 10.1. The number of aromatic nitrogens is 2. The summed E-state index contributed by atoms with van der Waals surface area (Å²) in [6.07, 6.45) is 4.99. The Morgan fingerprint density at radius 3 is 2.97 bits per heavy atom. The van der Waals surface area contributed by atoms with Gasteiger partial charge in [0.2, 0.25) is 0 Å². The van der Waals surface area contributed by atoms with E-state index in [1.165, 1.54) is 18.9 Å². The summed E-state index contributed by atoms with van der Waals surface area (Å²) in [5.41, 5.74) is 0.665. The molecule has 1 aromatic carbocycles. The maximum atomic E-state index is 13.2. The van der Waals surface area contributed by atoms with Gasteiger partial charge in [-0.3, -0.25) is 9.36 Å². The Balaban J connectivity index is 1.73. The zero-order valence-corrected chi connectivity index (χ0v) is 16.9. The molecule has 4 rings (SSSR count). The smallest absolute Gasteiger partial charge is 0.337 e. The molecule has 0 bridgehead atoms. The van der Waals surface area contributed by atoms with Crippen molar-refractivity contribution in [1.82, 2.24) is 9.55 Å². The Bertz CT molecular complexity index is 1050. The highest BCUT2D eigenvalue weighted by atomic mass is 32.2. The monoisotopic (exact) mass is 414 g/mol. The van der Waals surface area contributed by atoms with Crippen LogP contribution in [0.2, 0.25) is 0 Å². The number of carbonyl (C=O) groups is 1. The second kappa shape index (κ2) is 8.84. The molecule has 1 atom stereocenters. The lowest BCUT2D eigenvalue weighted by molar-refractivity contribution is 0.0315. The normalized spacial score (nSPS) is 16.8. The van der Waals surface area contributed by atoms with E-state index < -0.39 is 5.97 Å². The number of nitrogens with zero attached hydrogens (tertiary/aromatic N) is 2. The van der Waals surface area contributed by atoms with Gasteiger partial charge in [-0.1, -0.05) is 11.8 Å². The van der Waals surface area contributed by atoms with Crippen molar-refractivity contribution in [3.63, 3.8) is 0 Å². The molecule has 0 saturated carbocycles. The highest BCUT2D eigenvalue weighted by molar-refractivity contribution is 7.99. The van der Waals surface area contributed by atoms with E-state index in [0.29, 0.717) is 39.7 Å². The second-order valence-electron chi connectivity index (χ2n) is 6.89. The molecule has 3 aromatic rings. The number of esters is 1. The maximum absolute atomic E-state index is 13.2. The third-order valence-corrected chi connectivity index (χ3v) is 6.02. The number of thioether (sulfide) groups is 1. The summed E-state index contributed by atoms with van der Waals surface area (Å²) in [6, 6.07) is 8.42. The molecule has 29 heavy (non-hydrogen) atoms. The lowest BCUT2D eigenvalue weighted by Gasteiger charge is -2.22. The largest absolute Gasteiger partial charge is 0.467 e. The second-order valence-corrected chi connectivity index (χ2v) is 7.88. The number of furan rings is 1. The van der Waals surface area contributed by atoms with Crippen LogP contribution in [0.15, 0.2) is 51.0 Å². The molecule has 2 aromatic heterocycles. The first-order valence-corrected chi connectivity index (χ1v) is 10.5.